The fourth-order valence-electron chi connectivity index (χ4n) is 3.32. The maximum Gasteiger partial charge on any atom is 0.265 e. The van der Waals surface area contributed by atoms with Crippen molar-refractivity contribution in [1.82, 2.24) is 9.55 Å². The molecule has 8 nitrogen and oxygen atoms in total. The number of nitrogens with zero attached hydrogens (tertiary/aromatic N) is 2. The number of hydrogen-bond donors (Lipinski definition) is 1. The molecule has 0 amide bonds. The average molecular weight is 452 g/mol. The number of ether oxygens (including phenoxy) is 2. The minimum atomic E-state index is -4.01. The Hall–Kier alpha value is -3.85. The first-order valence-electron chi connectivity index (χ1n) is 9.69. The molecular weight excluding hydrogens is 430 g/mol. The van der Waals surface area contributed by atoms with Crippen molar-refractivity contribution in [2.24, 2.45) is 0 Å². The Balaban J connectivity index is 1.71. The van der Waals surface area contributed by atoms with E-state index in [-0.39, 0.29) is 21.9 Å². The quantitative estimate of drug-likeness (QED) is 0.463. The summed E-state index contributed by atoms with van der Waals surface area (Å²) < 4.78 is 40.4. The molecule has 0 bridgehead atoms. The highest BCUT2D eigenvalue weighted by molar-refractivity contribution is 7.92. The molecule has 4 aromatic rings. The summed E-state index contributed by atoms with van der Waals surface area (Å²) in [6, 6.07) is 18.7. The van der Waals surface area contributed by atoms with Crippen molar-refractivity contribution in [3.63, 3.8) is 0 Å². The molecule has 0 aliphatic carbocycles. The number of hydrogen-bond acceptors (Lipinski definition) is 6. The second-order valence-electron chi connectivity index (χ2n) is 7.02. The Labute approximate surface area is 185 Å². The van der Waals surface area contributed by atoms with Crippen molar-refractivity contribution >= 4 is 26.6 Å². The molecular formula is C23H21N3O5S. The van der Waals surface area contributed by atoms with Crippen LogP contribution in [0.4, 0.5) is 5.69 Å². The maximum atomic E-state index is 13.0. The van der Waals surface area contributed by atoms with Crippen LogP contribution in [0, 0.1) is 0 Å². The summed E-state index contributed by atoms with van der Waals surface area (Å²) in [5.41, 5.74) is 1.40. The molecule has 1 heterocycles. The van der Waals surface area contributed by atoms with E-state index in [0.717, 1.165) is 5.56 Å². The van der Waals surface area contributed by atoms with Gasteiger partial charge in [0.05, 0.1) is 38.0 Å². The standard InChI is InChI=1S/C23H21N3O5S/c1-30-18-9-11-21(31-2)22(13-18)32(28,29)25-17-8-10-20-19(12-17)23(27)26(15-24-20)14-16-6-4-3-5-7-16/h3-13,15,25H,14H2,1-2H3. The third-order valence-electron chi connectivity index (χ3n) is 4.93. The topological polar surface area (TPSA) is 99.5 Å². The lowest BCUT2D eigenvalue weighted by Crippen LogP contribution is -2.21. The van der Waals surface area contributed by atoms with Crippen LogP contribution < -0.4 is 19.8 Å². The minimum Gasteiger partial charge on any atom is -0.497 e. The van der Waals surface area contributed by atoms with Gasteiger partial charge in [0.25, 0.3) is 15.6 Å². The van der Waals surface area contributed by atoms with E-state index >= 15 is 0 Å². The van der Waals surface area contributed by atoms with Crippen LogP contribution in [0.25, 0.3) is 10.9 Å². The van der Waals surface area contributed by atoms with Crippen LogP contribution in [-0.4, -0.2) is 32.2 Å². The Morgan fingerprint density at radius 3 is 2.47 bits per heavy atom. The normalized spacial score (nSPS) is 11.3. The lowest BCUT2D eigenvalue weighted by molar-refractivity contribution is 0.392. The Bertz CT molecular complexity index is 1430. The van der Waals surface area contributed by atoms with Crippen LogP contribution in [-0.2, 0) is 16.6 Å². The van der Waals surface area contributed by atoms with E-state index in [1.807, 2.05) is 30.3 Å². The molecule has 164 valence electrons. The van der Waals surface area contributed by atoms with Gasteiger partial charge in [0.1, 0.15) is 16.4 Å². The van der Waals surface area contributed by atoms with E-state index in [9.17, 15) is 13.2 Å². The number of sulfonamides is 1. The van der Waals surface area contributed by atoms with Crippen molar-refractivity contribution < 1.29 is 17.9 Å². The van der Waals surface area contributed by atoms with E-state index in [4.69, 9.17) is 9.47 Å². The van der Waals surface area contributed by atoms with Crippen LogP contribution in [0.15, 0.2) is 82.7 Å². The van der Waals surface area contributed by atoms with Gasteiger partial charge < -0.3 is 9.47 Å². The van der Waals surface area contributed by atoms with Crippen LogP contribution in [0.3, 0.4) is 0 Å². The lowest BCUT2D eigenvalue weighted by Gasteiger charge is -2.13. The van der Waals surface area contributed by atoms with Gasteiger partial charge >= 0.3 is 0 Å². The Morgan fingerprint density at radius 1 is 0.969 bits per heavy atom. The Kier molecular flexibility index (Phi) is 5.83. The van der Waals surface area contributed by atoms with Gasteiger partial charge in [-0.05, 0) is 35.9 Å². The zero-order valence-electron chi connectivity index (χ0n) is 17.5. The predicted octanol–water partition coefficient (Wildman–Crippen LogP) is 3.26. The molecule has 9 heteroatoms. The number of aromatic nitrogens is 2. The number of methoxy groups -OCH3 is 2. The average Bonchev–Trinajstić information content (AvgIpc) is 2.81. The second kappa shape index (κ2) is 8.72. The van der Waals surface area contributed by atoms with E-state index < -0.39 is 10.0 Å². The molecule has 0 saturated heterocycles. The largest absolute Gasteiger partial charge is 0.497 e. The molecule has 1 aromatic heterocycles. The van der Waals surface area contributed by atoms with Gasteiger partial charge in [0, 0.05) is 11.8 Å². The maximum absolute atomic E-state index is 13.0. The minimum absolute atomic E-state index is 0.0767. The molecule has 1 N–H and O–H groups in total. The van der Waals surface area contributed by atoms with Gasteiger partial charge in [-0.1, -0.05) is 30.3 Å². The molecule has 0 aliphatic heterocycles. The summed E-state index contributed by atoms with van der Waals surface area (Å²) in [6.07, 6.45) is 1.49. The fraction of sp³-hybridized carbons (Fsp3) is 0.130. The van der Waals surface area contributed by atoms with Crippen molar-refractivity contribution in [2.75, 3.05) is 18.9 Å². The number of fused-ring (bicyclic) bond motifs is 1. The highest BCUT2D eigenvalue weighted by Crippen LogP contribution is 2.30. The molecule has 0 saturated carbocycles. The van der Waals surface area contributed by atoms with Gasteiger partial charge in [-0.2, -0.15) is 0 Å². The zero-order valence-corrected chi connectivity index (χ0v) is 18.3. The van der Waals surface area contributed by atoms with Gasteiger partial charge in [0.2, 0.25) is 0 Å². The fourth-order valence-corrected chi connectivity index (χ4v) is 4.55. The third kappa shape index (κ3) is 4.28. The van der Waals surface area contributed by atoms with Crippen LogP contribution in [0.5, 0.6) is 11.5 Å². The van der Waals surface area contributed by atoms with Crippen LogP contribution >= 0.6 is 0 Å². The number of rotatable bonds is 7. The van der Waals surface area contributed by atoms with Crippen LogP contribution in [0.2, 0.25) is 0 Å². The summed E-state index contributed by atoms with van der Waals surface area (Å²) in [4.78, 5) is 17.3. The molecule has 0 unspecified atom stereocenters. The van der Waals surface area contributed by atoms with Gasteiger partial charge in [-0.25, -0.2) is 13.4 Å². The van der Waals surface area contributed by atoms with Gasteiger partial charge in [0.15, 0.2) is 0 Å². The smallest absolute Gasteiger partial charge is 0.265 e. The zero-order chi connectivity index (χ0) is 22.7. The molecule has 0 aliphatic rings. The first-order chi connectivity index (χ1) is 15.4. The number of nitrogens with one attached hydrogen (secondary N) is 1. The lowest BCUT2D eigenvalue weighted by atomic mass is 10.2. The van der Waals surface area contributed by atoms with Crippen molar-refractivity contribution in [3.8, 4) is 11.5 Å². The molecule has 0 spiro atoms. The SMILES string of the molecule is COc1ccc(OC)c(S(=O)(=O)Nc2ccc3ncn(Cc4ccccc4)c(=O)c3c2)c1. The van der Waals surface area contributed by atoms with Gasteiger partial charge in [-0.3, -0.25) is 14.1 Å². The summed E-state index contributed by atoms with van der Waals surface area (Å²) in [6.45, 7) is 0.361. The van der Waals surface area contributed by atoms with E-state index in [1.165, 1.54) is 43.3 Å². The van der Waals surface area contributed by atoms with Crippen LogP contribution in [0.1, 0.15) is 5.56 Å². The molecule has 0 radical (unpaired) electrons. The molecule has 0 fully saturated rings. The first-order valence-corrected chi connectivity index (χ1v) is 11.2. The number of benzene rings is 3. The van der Waals surface area contributed by atoms with Crippen molar-refractivity contribution in [3.05, 3.63) is 89.0 Å². The predicted molar refractivity (Wildman–Crippen MR) is 122 cm³/mol. The number of anilines is 1. The van der Waals surface area contributed by atoms with Gasteiger partial charge in [-0.15, -0.1) is 0 Å². The highest BCUT2D eigenvalue weighted by atomic mass is 32.2. The monoisotopic (exact) mass is 451 g/mol. The summed E-state index contributed by atoms with van der Waals surface area (Å²) in [5.74, 6) is 0.545. The summed E-state index contributed by atoms with van der Waals surface area (Å²) in [7, 11) is -1.18. The molecule has 0 atom stereocenters. The summed E-state index contributed by atoms with van der Waals surface area (Å²) in [5, 5.41) is 0.307. The third-order valence-corrected chi connectivity index (χ3v) is 6.33. The van der Waals surface area contributed by atoms with E-state index in [0.29, 0.717) is 23.2 Å². The van der Waals surface area contributed by atoms with E-state index in [1.54, 1.807) is 18.2 Å². The molecule has 32 heavy (non-hydrogen) atoms. The van der Waals surface area contributed by atoms with Crippen molar-refractivity contribution in [1.29, 1.82) is 0 Å². The first kappa shape index (κ1) is 21.4. The molecule has 4 rings (SSSR count). The molecule has 3 aromatic carbocycles. The summed E-state index contributed by atoms with van der Waals surface area (Å²) >= 11 is 0. The van der Waals surface area contributed by atoms with Crippen molar-refractivity contribution in [2.45, 2.75) is 11.4 Å². The Morgan fingerprint density at radius 2 is 1.75 bits per heavy atom. The van der Waals surface area contributed by atoms with E-state index in [2.05, 4.69) is 9.71 Å². The highest BCUT2D eigenvalue weighted by Gasteiger charge is 2.21. The second-order valence-corrected chi connectivity index (χ2v) is 8.67.